The van der Waals surface area contributed by atoms with E-state index >= 15 is 0 Å². The van der Waals surface area contributed by atoms with Crippen molar-refractivity contribution in [2.24, 2.45) is 5.92 Å². The summed E-state index contributed by atoms with van der Waals surface area (Å²) in [5.41, 5.74) is 0.675. The predicted octanol–water partition coefficient (Wildman–Crippen LogP) is 1.24. The van der Waals surface area contributed by atoms with Gasteiger partial charge >= 0.3 is 0 Å². The van der Waals surface area contributed by atoms with Crippen LogP contribution in [-0.4, -0.2) is 52.6 Å². The molecule has 0 aromatic heterocycles. The van der Waals surface area contributed by atoms with Crippen molar-refractivity contribution in [2.45, 2.75) is 31.8 Å². The van der Waals surface area contributed by atoms with Gasteiger partial charge in [-0.1, -0.05) is 30.3 Å². The molecule has 2 rings (SSSR count). The molecule has 0 radical (unpaired) electrons. The SMILES string of the molecule is O=C(CCCC(=O)N1CC[C@H](CO)[C@@H](O)C1)c1ccccc1. The maximum absolute atomic E-state index is 12.1. The number of hydrogen-bond donors (Lipinski definition) is 2. The number of benzene rings is 1. The second kappa shape index (κ2) is 8.06. The molecule has 1 amide bonds. The van der Waals surface area contributed by atoms with Gasteiger partial charge in [0.1, 0.15) is 0 Å². The van der Waals surface area contributed by atoms with Crippen molar-refractivity contribution in [1.29, 1.82) is 0 Å². The summed E-state index contributed by atoms with van der Waals surface area (Å²) < 4.78 is 0. The standard InChI is InChI=1S/C17H23NO4/c19-12-14-9-10-18(11-16(14)21)17(22)8-4-7-15(20)13-5-2-1-3-6-13/h1-3,5-6,14,16,19,21H,4,7-12H2/t14-,16+/m1/s1. The Kier molecular flexibility index (Phi) is 6.10. The second-order valence-electron chi connectivity index (χ2n) is 5.78. The summed E-state index contributed by atoms with van der Waals surface area (Å²) in [5, 5.41) is 18.9. The van der Waals surface area contributed by atoms with Gasteiger partial charge in [0.2, 0.25) is 5.91 Å². The Hall–Kier alpha value is -1.72. The zero-order valence-electron chi connectivity index (χ0n) is 12.6. The topological polar surface area (TPSA) is 77.8 Å². The maximum atomic E-state index is 12.1. The van der Waals surface area contributed by atoms with Gasteiger partial charge in [0.05, 0.1) is 6.10 Å². The molecule has 5 heteroatoms. The summed E-state index contributed by atoms with van der Waals surface area (Å²) >= 11 is 0. The number of nitrogens with zero attached hydrogens (tertiary/aromatic N) is 1. The quantitative estimate of drug-likeness (QED) is 0.775. The predicted molar refractivity (Wildman–Crippen MR) is 82.4 cm³/mol. The number of aliphatic hydroxyl groups excluding tert-OH is 2. The van der Waals surface area contributed by atoms with Crippen molar-refractivity contribution in [3.8, 4) is 0 Å². The molecule has 0 unspecified atom stereocenters. The van der Waals surface area contributed by atoms with Crippen LogP contribution in [0.5, 0.6) is 0 Å². The van der Waals surface area contributed by atoms with Crippen LogP contribution in [0.3, 0.4) is 0 Å². The lowest BCUT2D eigenvalue weighted by atomic mass is 9.94. The number of Topliss-reactive ketones (excluding diaryl/α,β-unsaturated/α-hetero) is 1. The Morgan fingerprint density at radius 3 is 2.55 bits per heavy atom. The number of carbonyl (C=O) groups excluding carboxylic acids is 2. The van der Waals surface area contributed by atoms with Gasteiger partial charge in [-0.05, 0) is 12.8 Å². The molecule has 2 atom stereocenters. The Bertz CT molecular complexity index is 503. The zero-order chi connectivity index (χ0) is 15.9. The average Bonchev–Trinajstić information content (AvgIpc) is 2.55. The lowest BCUT2D eigenvalue weighted by Gasteiger charge is -2.35. The first kappa shape index (κ1) is 16.6. The summed E-state index contributed by atoms with van der Waals surface area (Å²) in [4.78, 5) is 25.7. The molecule has 0 spiro atoms. The highest BCUT2D eigenvalue weighted by molar-refractivity contribution is 5.96. The zero-order valence-corrected chi connectivity index (χ0v) is 12.6. The number of likely N-dealkylation sites (tertiary alicyclic amines) is 1. The van der Waals surface area contributed by atoms with E-state index in [9.17, 15) is 14.7 Å². The molecule has 2 N–H and O–H groups in total. The van der Waals surface area contributed by atoms with Crippen LogP contribution < -0.4 is 0 Å². The van der Waals surface area contributed by atoms with Gasteiger partial charge in [0.25, 0.3) is 0 Å². The number of ketones is 1. The molecule has 0 bridgehead atoms. The minimum Gasteiger partial charge on any atom is -0.396 e. The van der Waals surface area contributed by atoms with Gasteiger partial charge in [-0.25, -0.2) is 0 Å². The van der Waals surface area contributed by atoms with Gasteiger partial charge in [-0.3, -0.25) is 9.59 Å². The fourth-order valence-corrected chi connectivity index (χ4v) is 2.75. The van der Waals surface area contributed by atoms with Crippen molar-refractivity contribution >= 4 is 11.7 Å². The summed E-state index contributed by atoms with van der Waals surface area (Å²) in [7, 11) is 0. The van der Waals surface area contributed by atoms with E-state index < -0.39 is 6.10 Å². The van der Waals surface area contributed by atoms with Crippen molar-refractivity contribution in [2.75, 3.05) is 19.7 Å². The van der Waals surface area contributed by atoms with E-state index in [4.69, 9.17) is 5.11 Å². The van der Waals surface area contributed by atoms with E-state index in [1.54, 1.807) is 17.0 Å². The van der Waals surface area contributed by atoms with E-state index in [2.05, 4.69) is 0 Å². The molecule has 1 heterocycles. The number of aliphatic hydroxyl groups is 2. The van der Waals surface area contributed by atoms with E-state index in [-0.39, 0.29) is 30.8 Å². The molecule has 1 saturated heterocycles. The Balaban J connectivity index is 1.73. The van der Waals surface area contributed by atoms with Gasteiger partial charge in [-0.15, -0.1) is 0 Å². The van der Waals surface area contributed by atoms with Crippen LogP contribution in [0, 0.1) is 5.92 Å². The molecular weight excluding hydrogens is 282 g/mol. The van der Waals surface area contributed by atoms with Gasteiger partial charge in [0.15, 0.2) is 5.78 Å². The van der Waals surface area contributed by atoms with E-state index in [1.807, 2.05) is 18.2 Å². The third kappa shape index (κ3) is 4.39. The molecule has 1 aromatic carbocycles. The lowest BCUT2D eigenvalue weighted by molar-refractivity contribution is -0.136. The Labute approximate surface area is 130 Å². The van der Waals surface area contributed by atoms with Crippen molar-refractivity contribution in [3.05, 3.63) is 35.9 Å². The summed E-state index contributed by atoms with van der Waals surface area (Å²) in [6, 6.07) is 9.07. The number of carbonyl (C=O) groups is 2. The number of β-amino-alcohol motifs (C(OH)–C–C–N with tert-alkyl or cyclic N) is 1. The highest BCUT2D eigenvalue weighted by Gasteiger charge is 2.29. The fraction of sp³-hybridized carbons (Fsp3) is 0.529. The summed E-state index contributed by atoms with van der Waals surface area (Å²) in [5.74, 6) is -0.118. The van der Waals surface area contributed by atoms with Crippen molar-refractivity contribution < 1.29 is 19.8 Å². The van der Waals surface area contributed by atoms with Crippen LogP contribution in [0.1, 0.15) is 36.0 Å². The van der Waals surface area contributed by atoms with Gasteiger partial charge < -0.3 is 15.1 Å². The lowest BCUT2D eigenvalue weighted by Crippen LogP contribution is -2.47. The van der Waals surface area contributed by atoms with Crippen molar-refractivity contribution in [3.63, 3.8) is 0 Å². The highest BCUT2D eigenvalue weighted by Crippen LogP contribution is 2.18. The van der Waals surface area contributed by atoms with Crippen LogP contribution >= 0.6 is 0 Å². The monoisotopic (exact) mass is 305 g/mol. The molecule has 0 aliphatic carbocycles. The smallest absolute Gasteiger partial charge is 0.222 e. The molecule has 0 saturated carbocycles. The molecule has 120 valence electrons. The molecule has 1 aromatic rings. The van der Waals surface area contributed by atoms with Gasteiger partial charge in [0, 0.05) is 44.0 Å². The molecular formula is C17H23NO4. The van der Waals surface area contributed by atoms with Crippen LogP contribution in [0.4, 0.5) is 0 Å². The number of hydrogen-bond acceptors (Lipinski definition) is 4. The molecule has 1 fully saturated rings. The van der Waals surface area contributed by atoms with Crippen LogP contribution in [0.15, 0.2) is 30.3 Å². The van der Waals surface area contributed by atoms with Crippen molar-refractivity contribution in [1.82, 2.24) is 4.90 Å². The molecule has 22 heavy (non-hydrogen) atoms. The van der Waals surface area contributed by atoms with Crippen LogP contribution in [0.25, 0.3) is 0 Å². The van der Waals surface area contributed by atoms with E-state index in [0.717, 1.165) is 0 Å². The van der Waals surface area contributed by atoms with Gasteiger partial charge in [-0.2, -0.15) is 0 Å². The first-order valence-corrected chi connectivity index (χ1v) is 7.76. The van der Waals surface area contributed by atoms with Crippen LogP contribution in [0.2, 0.25) is 0 Å². The number of amides is 1. The minimum absolute atomic E-state index is 0.0312. The number of piperidine rings is 1. The second-order valence-corrected chi connectivity index (χ2v) is 5.78. The highest BCUT2D eigenvalue weighted by atomic mass is 16.3. The Morgan fingerprint density at radius 1 is 1.18 bits per heavy atom. The third-order valence-electron chi connectivity index (χ3n) is 4.20. The minimum atomic E-state index is -0.659. The average molecular weight is 305 g/mol. The molecule has 1 aliphatic rings. The summed E-state index contributed by atoms with van der Waals surface area (Å²) in [6.45, 7) is 0.791. The largest absolute Gasteiger partial charge is 0.396 e. The third-order valence-corrected chi connectivity index (χ3v) is 4.20. The van der Waals surface area contributed by atoms with E-state index in [0.29, 0.717) is 37.8 Å². The summed E-state index contributed by atoms with van der Waals surface area (Å²) in [6.07, 6.45) is 1.14. The first-order chi connectivity index (χ1) is 10.6. The van der Waals surface area contributed by atoms with Crippen LogP contribution in [-0.2, 0) is 4.79 Å². The maximum Gasteiger partial charge on any atom is 0.222 e. The molecule has 1 aliphatic heterocycles. The Morgan fingerprint density at radius 2 is 1.91 bits per heavy atom. The first-order valence-electron chi connectivity index (χ1n) is 7.76. The number of rotatable bonds is 6. The fourth-order valence-electron chi connectivity index (χ4n) is 2.75. The molecule has 5 nitrogen and oxygen atoms in total. The van der Waals surface area contributed by atoms with E-state index in [1.165, 1.54) is 0 Å². The normalized spacial score (nSPS) is 21.6.